The van der Waals surface area contributed by atoms with Crippen LogP contribution in [0.3, 0.4) is 0 Å². The molecule has 1 atom stereocenters. The maximum Gasteiger partial charge on any atom is 0.0791 e. The zero-order valence-electron chi connectivity index (χ0n) is 11.6. The van der Waals surface area contributed by atoms with E-state index in [9.17, 15) is 5.11 Å². The maximum atomic E-state index is 9.89. The molecule has 0 aromatic carbocycles. The van der Waals surface area contributed by atoms with Crippen LogP contribution in [0.4, 0.5) is 0 Å². The van der Waals surface area contributed by atoms with Gasteiger partial charge in [-0.1, -0.05) is 27.7 Å². The molecule has 0 rings (SSSR count). The van der Waals surface area contributed by atoms with Gasteiger partial charge in [0.1, 0.15) is 0 Å². The lowest BCUT2D eigenvalue weighted by atomic mass is 10.2. The first-order valence-corrected chi connectivity index (χ1v) is 6.46. The molecule has 0 saturated heterocycles. The van der Waals surface area contributed by atoms with Crippen molar-refractivity contribution in [3.8, 4) is 6.07 Å². The van der Waals surface area contributed by atoms with Gasteiger partial charge >= 0.3 is 0 Å². The fraction of sp³-hybridized carbons (Fsp3) is 0.923. The predicted molar refractivity (Wildman–Crippen MR) is 70.7 cm³/mol. The number of rotatable bonds is 9. The van der Waals surface area contributed by atoms with E-state index in [0.717, 1.165) is 13.1 Å². The second kappa shape index (κ2) is 9.41. The maximum absolute atomic E-state index is 9.89. The van der Waals surface area contributed by atoms with Crippen LogP contribution in [0.2, 0.25) is 0 Å². The van der Waals surface area contributed by atoms with Gasteiger partial charge < -0.3 is 10.4 Å². The largest absolute Gasteiger partial charge is 0.390 e. The minimum atomic E-state index is -0.366. The first kappa shape index (κ1) is 16.4. The summed E-state index contributed by atoms with van der Waals surface area (Å²) in [5, 5.41) is 21.7. The lowest BCUT2D eigenvalue weighted by Gasteiger charge is -2.26. The van der Waals surface area contributed by atoms with Gasteiger partial charge in [-0.15, -0.1) is 0 Å². The van der Waals surface area contributed by atoms with E-state index in [4.69, 9.17) is 5.26 Å². The molecule has 17 heavy (non-hydrogen) atoms. The van der Waals surface area contributed by atoms with Crippen LogP contribution >= 0.6 is 0 Å². The van der Waals surface area contributed by atoms with E-state index in [1.54, 1.807) is 0 Å². The molecule has 0 amide bonds. The molecule has 4 heteroatoms. The number of hydrogen-bond donors (Lipinski definition) is 2. The van der Waals surface area contributed by atoms with Crippen molar-refractivity contribution in [3.63, 3.8) is 0 Å². The Morgan fingerprint density at radius 1 is 1.24 bits per heavy atom. The molecule has 0 aliphatic carbocycles. The third-order valence-corrected chi connectivity index (χ3v) is 2.39. The molecule has 0 aliphatic heterocycles. The molecule has 0 heterocycles. The van der Waals surface area contributed by atoms with Crippen LogP contribution in [-0.2, 0) is 0 Å². The normalized spacial score (nSPS) is 13.4. The van der Waals surface area contributed by atoms with Crippen molar-refractivity contribution in [2.45, 2.75) is 46.3 Å². The Labute approximate surface area is 106 Å². The smallest absolute Gasteiger partial charge is 0.0791 e. The molecule has 0 aliphatic rings. The zero-order valence-corrected chi connectivity index (χ0v) is 11.6. The number of hydrogen-bond acceptors (Lipinski definition) is 4. The zero-order chi connectivity index (χ0) is 13.3. The molecular formula is C13H27N3O. The van der Waals surface area contributed by atoms with Gasteiger partial charge in [-0.2, -0.15) is 5.26 Å². The molecule has 0 fully saturated rings. The van der Waals surface area contributed by atoms with Gasteiger partial charge in [-0.25, -0.2) is 0 Å². The van der Waals surface area contributed by atoms with Crippen LogP contribution in [0, 0.1) is 17.2 Å². The molecular weight excluding hydrogens is 214 g/mol. The molecule has 2 N–H and O–H groups in total. The Balaban J connectivity index is 3.99. The number of aliphatic hydroxyl groups is 1. The third-order valence-electron chi connectivity index (χ3n) is 2.39. The van der Waals surface area contributed by atoms with E-state index in [-0.39, 0.29) is 6.10 Å². The Bertz CT molecular complexity index is 223. The summed E-state index contributed by atoms with van der Waals surface area (Å²) < 4.78 is 0. The van der Waals surface area contributed by atoms with Crippen LogP contribution in [0.1, 0.15) is 34.1 Å². The quantitative estimate of drug-likeness (QED) is 0.637. The fourth-order valence-electron chi connectivity index (χ4n) is 1.72. The molecule has 0 radical (unpaired) electrons. The summed E-state index contributed by atoms with van der Waals surface area (Å²) in [6.45, 7) is 11.4. The highest BCUT2D eigenvalue weighted by molar-refractivity contribution is 4.75. The lowest BCUT2D eigenvalue weighted by Crippen LogP contribution is -2.41. The summed E-state index contributed by atoms with van der Waals surface area (Å²) in [6.07, 6.45) is 0.159. The van der Waals surface area contributed by atoms with E-state index in [2.05, 4.69) is 44.0 Å². The van der Waals surface area contributed by atoms with Gasteiger partial charge in [0.25, 0.3) is 0 Å². The highest BCUT2D eigenvalue weighted by Gasteiger charge is 2.12. The number of nitrogens with one attached hydrogen (secondary N) is 1. The molecule has 100 valence electrons. The average Bonchev–Trinajstić information content (AvgIpc) is 2.22. The summed E-state index contributed by atoms with van der Waals surface area (Å²) >= 11 is 0. The minimum absolute atomic E-state index is 0.366. The monoisotopic (exact) mass is 241 g/mol. The fourth-order valence-corrected chi connectivity index (χ4v) is 1.72. The minimum Gasteiger partial charge on any atom is -0.390 e. The van der Waals surface area contributed by atoms with Gasteiger partial charge in [0.05, 0.1) is 12.2 Å². The van der Waals surface area contributed by atoms with E-state index < -0.39 is 0 Å². The van der Waals surface area contributed by atoms with Crippen molar-refractivity contribution in [1.29, 1.82) is 5.26 Å². The average molecular weight is 241 g/mol. The standard InChI is InChI=1S/C13H27N3O/c1-11(2)9-16(7-5-6-14)10-13(17)8-15-12(3)4/h11-13,15,17H,5,7-10H2,1-4H3. The molecule has 4 nitrogen and oxygen atoms in total. The van der Waals surface area contributed by atoms with Crippen LogP contribution in [0.25, 0.3) is 0 Å². The van der Waals surface area contributed by atoms with Crippen molar-refractivity contribution in [3.05, 3.63) is 0 Å². The van der Waals surface area contributed by atoms with Crippen molar-refractivity contribution >= 4 is 0 Å². The Morgan fingerprint density at radius 2 is 1.88 bits per heavy atom. The summed E-state index contributed by atoms with van der Waals surface area (Å²) in [5.74, 6) is 0.555. The Kier molecular flexibility index (Phi) is 9.06. The number of aliphatic hydroxyl groups excluding tert-OH is 1. The highest BCUT2D eigenvalue weighted by Crippen LogP contribution is 2.01. The molecule has 0 aromatic rings. The predicted octanol–water partition coefficient (Wildman–Crippen LogP) is 1.22. The van der Waals surface area contributed by atoms with E-state index >= 15 is 0 Å². The molecule has 0 saturated carbocycles. The van der Waals surface area contributed by atoms with E-state index in [1.165, 1.54) is 0 Å². The molecule has 0 spiro atoms. The van der Waals surface area contributed by atoms with Crippen molar-refractivity contribution in [1.82, 2.24) is 10.2 Å². The molecule has 1 unspecified atom stereocenters. The summed E-state index contributed by atoms with van der Waals surface area (Å²) in [4.78, 5) is 2.17. The Hall–Kier alpha value is -0.630. The lowest BCUT2D eigenvalue weighted by molar-refractivity contribution is 0.104. The van der Waals surface area contributed by atoms with Crippen molar-refractivity contribution in [2.24, 2.45) is 5.92 Å². The highest BCUT2D eigenvalue weighted by atomic mass is 16.3. The summed E-state index contributed by atoms with van der Waals surface area (Å²) in [7, 11) is 0. The third kappa shape index (κ3) is 10.3. The van der Waals surface area contributed by atoms with Crippen molar-refractivity contribution in [2.75, 3.05) is 26.2 Å². The van der Waals surface area contributed by atoms with Crippen LogP contribution in [0.5, 0.6) is 0 Å². The van der Waals surface area contributed by atoms with Crippen LogP contribution < -0.4 is 5.32 Å². The summed E-state index contributed by atoms with van der Waals surface area (Å²) in [5.41, 5.74) is 0. The second-order valence-corrected chi connectivity index (χ2v) is 5.28. The second-order valence-electron chi connectivity index (χ2n) is 5.28. The molecule has 0 aromatic heterocycles. The first-order valence-electron chi connectivity index (χ1n) is 6.46. The number of nitrogens with zero attached hydrogens (tertiary/aromatic N) is 2. The van der Waals surface area contributed by atoms with Gasteiger partial charge in [0, 0.05) is 38.6 Å². The molecule has 0 bridgehead atoms. The van der Waals surface area contributed by atoms with Gasteiger partial charge in [-0.3, -0.25) is 4.90 Å². The van der Waals surface area contributed by atoms with Crippen molar-refractivity contribution < 1.29 is 5.11 Å². The summed E-state index contributed by atoms with van der Waals surface area (Å²) in [6, 6.07) is 2.55. The van der Waals surface area contributed by atoms with E-state index in [1.807, 2.05) is 0 Å². The van der Waals surface area contributed by atoms with E-state index in [0.29, 0.717) is 31.5 Å². The topological polar surface area (TPSA) is 59.3 Å². The Morgan fingerprint density at radius 3 is 2.35 bits per heavy atom. The van der Waals surface area contributed by atoms with Crippen LogP contribution in [-0.4, -0.2) is 48.3 Å². The first-order chi connectivity index (χ1) is 7.95. The van der Waals surface area contributed by atoms with Gasteiger partial charge in [0.2, 0.25) is 0 Å². The number of nitriles is 1. The van der Waals surface area contributed by atoms with Crippen LogP contribution in [0.15, 0.2) is 0 Å². The van der Waals surface area contributed by atoms with Gasteiger partial charge in [0.15, 0.2) is 0 Å². The van der Waals surface area contributed by atoms with Gasteiger partial charge in [-0.05, 0) is 5.92 Å². The SMILES string of the molecule is CC(C)CN(CCC#N)CC(O)CNC(C)C.